The van der Waals surface area contributed by atoms with E-state index in [1.165, 1.54) is 17.7 Å². The van der Waals surface area contributed by atoms with Crippen LogP contribution in [0.2, 0.25) is 0 Å². The van der Waals surface area contributed by atoms with Crippen LogP contribution in [0, 0.1) is 0 Å². The van der Waals surface area contributed by atoms with Gasteiger partial charge in [0.15, 0.2) is 0 Å². The van der Waals surface area contributed by atoms with Crippen molar-refractivity contribution in [3.63, 3.8) is 0 Å². The minimum absolute atomic E-state index is 0.0292. The minimum atomic E-state index is -0.428. The van der Waals surface area contributed by atoms with Crippen LogP contribution in [0.25, 0.3) is 0 Å². The number of nitrogens with one attached hydrogen (secondary N) is 1. The summed E-state index contributed by atoms with van der Waals surface area (Å²) in [6.07, 6.45) is 10.2. The molecule has 112 valence electrons. The summed E-state index contributed by atoms with van der Waals surface area (Å²) in [5.41, 5.74) is 0.832. The molecule has 2 heterocycles. The average molecular weight is 287 g/mol. The highest BCUT2D eigenvalue weighted by molar-refractivity contribution is 6.07. The predicted molar refractivity (Wildman–Crippen MR) is 79.6 cm³/mol. The van der Waals surface area contributed by atoms with Gasteiger partial charge in [-0.05, 0) is 25.0 Å². The first-order valence-electron chi connectivity index (χ1n) is 7.78. The molecule has 0 aromatic carbocycles. The molecule has 1 aromatic heterocycles. The van der Waals surface area contributed by atoms with Gasteiger partial charge < -0.3 is 5.32 Å². The van der Waals surface area contributed by atoms with Crippen LogP contribution in [-0.2, 0) is 9.59 Å². The number of anilines is 1. The number of nitrogens with zero attached hydrogens (tertiary/aromatic N) is 2. The van der Waals surface area contributed by atoms with E-state index in [2.05, 4.69) is 10.3 Å². The molecule has 1 saturated heterocycles. The summed E-state index contributed by atoms with van der Waals surface area (Å²) in [6, 6.07) is 3.30. The second-order valence-electron chi connectivity index (χ2n) is 5.88. The molecule has 1 N–H and O–H groups in total. The molecule has 0 bridgehead atoms. The summed E-state index contributed by atoms with van der Waals surface area (Å²) in [4.78, 5) is 30.3. The Bertz CT molecular complexity index is 510. The van der Waals surface area contributed by atoms with E-state index in [1.54, 1.807) is 12.4 Å². The van der Waals surface area contributed by atoms with E-state index in [1.807, 2.05) is 12.1 Å². The second kappa shape index (κ2) is 6.24. The third kappa shape index (κ3) is 3.06. The summed E-state index contributed by atoms with van der Waals surface area (Å²) in [5.74, 6) is -0.0952. The standard InChI is InChI=1S/C16H21N3O2/c20-15-11-14(18-12-7-9-17-10-8-12)16(21)19(15)13-5-3-1-2-4-6-13/h7-10,13-14H,1-6,11H2,(H,17,18). The van der Waals surface area contributed by atoms with Crippen LogP contribution in [0.1, 0.15) is 44.9 Å². The molecule has 5 nitrogen and oxygen atoms in total. The van der Waals surface area contributed by atoms with Crippen molar-refractivity contribution in [1.29, 1.82) is 0 Å². The molecular formula is C16H21N3O2. The van der Waals surface area contributed by atoms with Crippen LogP contribution >= 0.6 is 0 Å². The lowest BCUT2D eigenvalue weighted by Gasteiger charge is -2.25. The first kappa shape index (κ1) is 14.0. The molecule has 1 unspecified atom stereocenters. The predicted octanol–water partition coefficient (Wildman–Crippen LogP) is 2.34. The Morgan fingerprint density at radius 2 is 1.71 bits per heavy atom. The molecule has 1 aromatic rings. The Kier molecular flexibility index (Phi) is 4.18. The maximum Gasteiger partial charge on any atom is 0.252 e. The molecule has 2 aliphatic rings. The molecule has 1 saturated carbocycles. The number of carbonyl (C=O) groups excluding carboxylic acids is 2. The number of hydrogen-bond acceptors (Lipinski definition) is 4. The van der Waals surface area contributed by atoms with Gasteiger partial charge in [-0.3, -0.25) is 19.5 Å². The van der Waals surface area contributed by atoms with Gasteiger partial charge in [0.05, 0.1) is 6.42 Å². The summed E-state index contributed by atoms with van der Waals surface area (Å²) < 4.78 is 0. The fraction of sp³-hybridized carbons (Fsp3) is 0.562. The van der Waals surface area contributed by atoms with Crippen LogP contribution in [0.3, 0.4) is 0 Å². The number of pyridine rings is 1. The quantitative estimate of drug-likeness (QED) is 0.684. The highest BCUT2D eigenvalue weighted by atomic mass is 16.2. The van der Waals surface area contributed by atoms with E-state index < -0.39 is 6.04 Å². The van der Waals surface area contributed by atoms with Crippen molar-refractivity contribution < 1.29 is 9.59 Å². The topological polar surface area (TPSA) is 62.3 Å². The molecule has 2 amide bonds. The molecule has 1 atom stereocenters. The lowest BCUT2D eigenvalue weighted by Crippen LogP contribution is -2.42. The number of carbonyl (C=O) groups is 2. The van der Waals surface area contributed by atoms with Crippen molar-refractivity contribution >= 4 is 17.5 Å². The minimum Gasteiger partial charge on any atom is -0.373 e. The highest BCUT2D eigenvalue weighted by Crippen LogP contribution is 2.27. The lowest BCUT2D eigenvalue weighted by molar-refractivity contribution is -0.141. The zero-order chi connectivity index (χ0) is 14.7. The van der Waals surface area contributed by atoms with E-state index in [4.69, 9.17) is 0 Å². The van der Waals surface area contributed by atoms with E-state index in [0.29, 0.717) is 0 Å². The van der Waals surface area contributed by atoms with Crippen LogP contribution in [-0.4, -0.2) is 33.8 Å². The van der Waals surface area contributed by atoms with Gasteiger partial charge in [0.2, 0.25) is 5.91 Å². The van der Waals surface area contributed by atoms with Crippen molar-refractivity contribution in [3.8, 4) is 0 Å². The van der Waals surface area contributed by atoms with E-state index in [9.17, 15) is 9.59 Å². The van der Waals surface area contributed by atoms with Crippen molar-refractivity contribution in [2.45, 2.75) is 57.0 Å². The number of amides is 2. The largest absolute Gasteiger partial charge is 0.373 e. The van der Waals surface area contributed by atoms with Crippen LogP contribution in [0.5, 0.6) is 0 Å². The van der Waals surface area contributed by atoms with Crippen molar-refractivity contribution in [3.05, 3.63) is 24.5 Å². The van der Waals surface area contributed by atoms with E-state index >= 15 is 0 Å². The van der Waals surface area contributed by atoms with Gasteiger partial charge in [-0.15, -0.1) is 0 Å². The molecule has 2 fully saturated rings. The molecule has 3 rings (SSSR count). The molecular weight excluding hydrogens is 266 g/mol. The smallest absolute Gasteiger partial charge is 0.252 e. The fourth-order valence-corrected chi connectivity index (χ4v) is 3.31. The molecule has 5 heteroatoms. The fourth-order valence-electron chi connectivity index (χ4n) is 3.31. The van der Waals surface area contributed by atoms with Crippen molar-refractivity contribution in [1.82, 2.24) is 9.88 Å². The van der Waals surface area contributed by atoms with Gasteiger partial charge >= 0.3 is 0 Å². The van der Waals surface area contributed by atoms with Gasteiger partial charge in [-0.1, -0.05) is 25.7 Å². The summed E-state index contributed by atoms with van der Waals surface area (Å²) in [5, 5.41) is 3.15. The van der Waals surface area contributed by atoms with Crippen molar-refractivity contribution in [2.75, 3.05) is 5.32 Å². The summed E-state index contributed by atoms with van der Waals surface area (Å²) >= 11 is 0. The molecule has 1 aliphatic carbocycles. The first-order chi connectivity index (χ1) is 10.3. The summed E-state index contributed by atoms with van der Waals surface area (Å²) in [7, 11) is 0. The Balaban J connectivity index is 1.69. The van der Waals surface area contributed by atoms with Crippen molar-refractivity contribution in [2.24, 2.45) is 0 Å². The molecule has 21 heavy (non-hydrogen) atoms. The Morgan fingerprint density at radius 1 is 1.05 bits per heavy atom. The number of hydrogen-bond donors (Lipinski definition) is 1. The van der Waals surface area contributed by atoms with Crippen LogP contribution in [0.15, 0.2) is 24.5 Å². The van der Waals surface area contributed by atoms with Gasteiger partial charge in [-0.2, -0.15) is 0 Å². The Morgan fingerprint density at radius 3 is 2.38 bits per heavy atom. The molecule has 1 aliphatic heterocycles. The summed E-state index contributed by atoms with van der Waals surface area (Å²) in [6.45, 7) is 0. The van der Waals surface area contributed by atoms with Crippen LogP contribution < -0.4 is 5.32 Å². The molecule has 0 spiro atoms. The van der Waals surface area contributed by atoms with Gasteiger partial charge in [0.1, 0.15) is 6.04 Å². The third-order valence-corrected chi connectivity index (χ3v) is 4.39. The molecule has 0 radical (unpaired) electrons. The average Bonchev–Trinajstić information content (AvgIpc) is 2.70. The van der Waals surface area contributed by atoms with E-state index in [-0.39, 0.29) is 24.3 Å². The third-order valence-electron chi connectivity index (χ3n) is 4.39. The van der Waals surface area contributed by atoms with Gasteiger partial charge in [0.25, 0.3) is 5.91 Å². The zero-order valence-corrected chi connectivity index (χ0v) is 12.1. The second-order valence-corrected chi connectivity index (χ2v) is 5.88. The maximum absolute atomic E-state index is 12.6. The Hall–Kier alpha value is -1.91. The number of likely N-dealkylation sites (tertiary alicyclic amines) is 1. The lowest BCUT2D eigenvalue weighted by atomic mass is 10.1. The number of aromatic nitrogens is 1. The maximum atomic E-state index is 12.6. The Labute approximate surface area is 124 Å². The zero-order valence-electron chi connectivity index (χ0n) is 12.1. The van der Waals surface area contributed by atoms with Gasteiger partial charge in [0, 0.05) is 24.1 Å². The first-order valence-corrected chi connectivity index (χ1v) is 7.78. The monoisotopic (exact) mass is 287 g/mol. The number of rotatable bonds is 3. The normalized spacial score (nSPS) is 24.2. The SMILES string of the molecule is O=C1CC(Nc2ccncc2)C(=O)N1C1CCCCCC1. The highest BCUT2D eigenvalue weighted by Gasteiger charge is 2.42. The number of imide groups is 1. The van der Waals surface area contributed by atoms with Gasteiger partial charge in [-0.25, -0.2) is 0 Å². The van der Waals surface area contributed by atoms with Crippen LogP contribution in [0.4, 0.5) is 5.69 Å². The van der Waals surface area contributed by atoms with E-state index in [0.717, 1.165) is 31.4 Å².